The van der Waals surface area contributed by atoms with Gasteiger partial charge in [0.25, 0.3) is 0 Å². The van der Waals surface area contributed by atoms with Crippen molar-refractivity contribution in [3.63, 3.8) is 0 Å². The summed E-state index contributed by atoms with van der Waals surface area (Å²) in [6.45, 7) is 1.17. The van der Waals surface area contributed by atoms with Gasteiger partial charge in [0.2, 0.25) is 0 Å². The highest BCUT2D eigenvalue weighted by molar-refractivity contribution is 14.1. The lowest BCUT2D eigenvalue weighted by Gasteiger charge is -2.33. The van der Waals surface area contributed by atoms with Crippen LogP contribution in [0, 0.1) is 0 Å². The average Bonchev–Trinajstić information content (AvgIpc) is 2.46. The van der Waals surface area contributed by atoms with Gasteiger partial charge < -0.3 is 5.11 Å². The Morgan fingerprint density at radius 3 is 3.00 bits per heavy atom. The maximum absolute atomic E-state index is 9.84. The first kappa shape index (κ1) is 9.93. The third kappa shape index (κ3) is 1.92. The number of rotatable bonds is 1. The predicted octanol–water partition coefficient (Wildman–Crippen LogP) is 1.92. The topological polar surface area (TPSA) is 23.5 Å². The van der Waals surface area contributed by atoms with Gasteiger partial charge in [-0.2, -0.15) is 0 Å². The van der Waals surface area contributed by atoms with Crippen molar-refractivity contribution in [2.24, 2.45) is 0 Å². The van der Waals surface area contributed by atoms with Crippen LogP contribution >= 0.6 is 22.6 Å². The van der Waals surface area contributed by atoms with Crippen LogP contribution in [-0.4, -0.2) is 34.7 Å². The number of aliphatic hydroxyl groups excluding tert-OH is 1. The first-order valence-corrected chi connectivity index (χ1v) is 6.28. The molecule has 0 aromatic heterocycles. The van der Waals surface area contributed by atoms with Gasteiger partial charge >= 0.3 is 0 Å². The second-order valence-corrected chi connectivity index (χ2v) is 4.71. The molecular formula is C10H16INO. The number of hydrogen-bond donors (Lipinski definition) is 1. The summed E-state index contributed by atoms with van der Waals surface area (Å²) in [6.07, 6.45) is 6.85. The van der Waals surface area contributed by atoms with Gasteiger partial charge in [0.1, 0.15) is 0 Å². The highest BCUT2D eigenvalue weighted by Crippen LogP contribution is 2.32. The predicted molar refractivity (Wildman–Crippen MR) is 61.9 cm³/mol. The summed E-state index contributed by atoms with van der Waals surface area (Å²) in [5.74, 6) is 0. The second-order valence-electron chi connectivity index (χ2n) is 3.99. The van der Waals surface area contributed by atoms with E-state index in [0.29, 0.717) is 12.1 Å². The maximum Gasteiger partial charge on any atom is 0.0713 e. The Morgan fingerprint density at radius 2 is 2.23 bits per heavy atom. The summed E-state index contributed by atoms with van der Waals surface area (Å²) in [4.78, 5) is 2.48. The molecule has 2 fully saturated rings. The normalized spacial score (nSPS) is 41.2. The quantitative estimate of drug-likeness (QED) is 0.747. The number of hydrogen-bond acceptors (Lipinski definition) is 2. The van der Waals surface area contributed by atoms with Crippen LogP contribution < -0.4 is 0 Å². The van der Waals surface area contributed by atoms with Gasteiger partial charge in [-0.05, 0) is 29.9 Å². The van der Waals surface area contributed by atoms with Gasteiger partial charge in [0.05, 0.1) is 6.10 Å². The van der Waals surface area contributed by atoms with Crippen LogP contribution in [0.4, 0.5) is 0 Å². The van der Waals surface area contributed by atoms with Gasteiger partial charge in [-0.25, -0.2) is 0 Å². The fourth-order valence-corrected chi connectivity index (χ4v) is 3.10. The van der Waals surface area contributed by atoms with Gasteiger partial charge in [-0.3, -0.25) is 4.90 Å². The van der Waals surface area contributed by atoms with Crippen molar-refractivity contribution in [1.29, 1.82) is 0 Å². The fraction of sp³-hybridized carbons (Fsp3) is 0.800. The standard InChI is InChI=1S/C10H16INO/c11-5-4-8-7-10(13)9-3-1-2-6-12(8)9/h4-5,8-10,13H,1-3,6-7H2/b5-4-/t8-,9-,10-/m1/s1. The second kappa shape index (κ2) is 4.28. The van der Waals surface area contributed by atoms with E-state index in [1.807, 2.05) is 0 Å². The molecule has 2 aliphatic rings. The SMILES string of the molecule is O[C@@H]1C[C@@H](/C=C\I)N2CCCC[C@H]12. The Balaban J connectivity index is 2.08. The third-order valence-corrected chi connectivity index (χ3v) is 3.66. The molecule has 0 spiro atoms. The van der Waals surface area contributed by atoms with Crippen molar-refractivity contribution in [2.75, 3.05) is 6.54 Å². The first-order chi connectivity index (χ1) is 6.33. The van der Waals surface area contributed by atoms with E-state index in [4.69, 9.17) is 0 Å². The Bertz CT molecular complexity index is 207. The van der Waals surface area contributed by atoms with Crippen molar-refractivity contribution >= 4 is 22.6 Å². The number of nitrogens with zero attached hydrogens (tertiary/aromatic N) is 1. The lowest BCUT2D eigenvalue weighted by molar-refractivity contribution is 0.0863. The van der Waals surface area contributed by atoms with E-state index in [-0.39, 0.29) is 6.10 Å². The first-order valence-electron chi connectivity index (χ1n) is 5.03. The van der Waals surface area contributed by atoms with Crippen LogP contribution in [0.3, 0.4) is 0 Å². The molecule has 13 heavy (non-hydrogen) atoms. The molecule has 2 heterocycles. The van der Waals surface area contributed by atoms with Crippen LogP contribution in [0.2, 0.25) is 0 Å². The Hall–Kier alpha value is 0.390. The van der Waals surface area contributed by atoms with Crippen LogP contribution in [0.15, 0.2) is 10.2 Å². The average molecular weight is 293 g/mol. The van der Waals surface area contributed by atoms with E-state index in [2.05, 4.69) is 37.6 Å². The van der Waals surface area contributed by atoms with Gasteiger partial charge in [0.15, 0.2) is 0 Å². The molecule has 3 atom stereocenters. The van der Waals surface area contributed by atoms with Gasteiger partial charge in [-0.15, -0.1) is 0 Å². The van der Waals surface area contributed by atoms with Gasteiger partial charge in [-0.1, -0.05) is 35.1 Å². The third-order valence-electron chi connectivity index (χ3n) is 3.24. The minimum absolute atomic E-state index is 0.0853. The summed E-state index contributed by atoms with van der Waals surface area (Å²) < 4.78 is 2.08. The number of fused-ring (bicyclic) bond motifs is 1. The summed E-state index contributed by atoms with van der Waals surface area (Å²) in [7, 11) is 0. The summed E-state index contributed by atoms with van der Waals surface area (Å²) in [5, 5.41) is 9.84. The van der Waals surface area contributed by atoms with Gasteiger partial charge in [0, 0.05) is 12.1 Å². The Labute approximate surface area is 93.1 Å². The Morgan fingerprint density at radius 1 is 1.38 bits per heavy atom. The Kier molecular flexibility index (Phi) is 3.26. The molecule has 3 heteroatoms. The number of halogens is 1. The largest absolute Gasteiger partial charge is 0.391 e. The van der Waals surface area contributed by atoms with Crippen LogP contribution in [-0.2, 0) is 0 Å². The molecule has 0 aromatic rings. The summed E-state index contributed by atoms with van der Waals surface area (Å²) in [6, 6.07) is 0.948. The van der Waals surface area contributed by atoms with Crippen molar-refractivity contribution < 1.29 is 5.11 Å². The van der Waals surface area contributed by atoms with E-state index >= 15 is 0 Å². The molecule has 0 aliphatic carbocycles. The zero-order valence-corrected chi connectivity index (χ0v) is 9.85. The molecule has 2 saturated heterocycles. The molecule has 2 nitrogen and oxygen atoms in total. The van der Waals surface area contributed by atoms with E-state index in [1.165, 1.54) is 25.8 Å². The smallest absolute Gasteiger partial charge is 0.0713 e. The lowest BCUT2D eigenvalue weighted by Crippen LogP contribution is -2.41. The molecular weight excluding hydrogens is 277 g/mol. The molecule has 2 rings (SSSR count). The van der Waals surface area contributed by atoms with Crippen LogP contribution in [0.5, 0.6) is 0 Å². The molecule has 1 N–H and O–H groups in total. The van der Waals surface area contributed by atoms with E-state index in [1.54, 1.807) is 0 Å². The molecule has 2 aliphatic heterocycles. The number of aliphatic hydroxyl groups is 1. The summed E-state index contributed by atoms with van der Waals surface area (Å²) >= 11 is 2.26. The minimum Gasteiger partial charge on any atom is -0.391 e. The zero-order valence-electron chi connectivity index (χ0n) is 7.69. The minimum atomic E-state index is -0.0853. The fourth-order valence-electron chi connectivity index (χ4n) is 2.62. The zero-order chi connectivity index (χ0) is 9.26. The molecule has 0 saturated carbocycles. The van der Waals surface area contributed by atoms with Crippen LogP contribution in [0.25, 0.3) is 0 Å². The van der Waals surface area contributed by atoms with Crippen molar-refractivity contribution in [2.45, 2.75) is 43.9 Å². The molecule has 0 radical (unpaired) electrons. The highest BCUT2D eigenvalue weighted by Gasteiger charge is 2.39. The van der Waals surface area contributed by atoms with E-state index in [0.717, 1.165) is 6.42 Å². The molecule has 0 aromatic carbocycles. The maximum atomic E-state index is 9.84. The van der Waals surface area contributed by atoms with Crippen molar-refractivity contribution in [3.05, 3.63) is 10.2 Å². The molecule has 0 bridgehead atoms. The van der Waals surface area contributed by atoms with Crippen molar-refractivity contribution in [1.82, 2.24) is 4.90 Å². The van der Waals surface area contributed by atoms with E-state index in [9.17, 15) is 5.11 Å². The van der Waals surface area contributed by atoms with Crippen molar-refractivity contribution in [3.8, 4) is 0 Å². The molecule has 0 unspecified atom stereocenters. The molecule has 0 amide bonds. The summed E-state index contributed by atoms with van der Waals surface area (Å²) in [5.41, 5.74) is 0. The lowest BCUT2D eigenvalue weighted by atomic mass is 10.0. The highest BCUT2D eigenvalue weighted by atomic mass is 127. The number of piperidine rings is 1. The monoisotopic (exact) mass is 293 g/mol. The van der Waals surface area contributed by atoms with E-state index < -0.39 is 0 Å². The molecule has 74 valence electrons. The van der Waals surface area contributed by atoms with Crippen LogP contribution in [0.1, 0.15) is 25.7 Å².